The molecule has 0 aromatic heterocycles. The molecule has 0 spiro atoms. The van der Waals surface area contributed by atoms with Crippen LogP contribution in [0, 0.1) is 17.8 Å². The molecule has 0 aromatic rings. The van der Waals surface area contributed by atoms with Gasteiger partial charge in [0, 0.05) is 44.8 Å². The molecule has 0 amide bonds. The molecule has 3 heteroatoms. The summed E-state index contributed by atoms with van der Waals surface area (Å²) in [7, 11) is 2.25. The molecule has 4 atom stereocenters. The summed E-state index contributed by atoms with van der Waals surface area (Å²) in [5.41, 5.74) is 0. The van der Waals surface area contributed by atoms with Gasteiger partial charge in [0.25, 0.3) is 0 Å². The lowest BCUT2D eigenvalue weighted by Crippen LogP contribution is -2.54. The van der Waals surface area contributed by atoms with Crippen molar-refractivity contribution >= 4 is 0 Å². The Kier molecular flexibility index (Phi) is 4.68. The highest BCUT2D eigenvalue weighted by atomic mass is 15.3. The summed E-state index contributed by atoms with van der Waals surface area (Å²) in [6.07, 6.45) is 5.97. The normalized spacial score (nSPS) is 36.9. The number of hydrogen-bond acceptors (Lipinski definition) is 3. The van der Waals surface area contributed by atoms with Gasteiger partial charge < -0.3 is 10.2 Å². The van der Waals surface area contributed by atoms with Crippen molar-refractivity contribution in [2.24, 2.45) is 17.8 Å². The fourth-order valence-electron chi connectivity index (χ4n) is 4.71. The van der Waals surface area contributed by atoms with Crippen molar-refractivity contribution in [3.8, 4) is 0 Å². The van der Waals surface area contributed by atoms with Crippen LogP contribution in [-0.4, -0.2) is 61.7 Å². The Morgan fingerprint density at radius 2 is 1.80 bits per heavy atom. The molecule has 2 bridgehead atoms. The molecule has 3 nitrogen and oxygen atoms in total. The summed E-state index contributed by atoms with van der Waals surface area (Å²) < 4.78 is 0. The van der Waals surface area contributed by atoms with E-state index >= 15 is 0 Å². The van der Waals surface area contributed by atoms with Crippen molar-refractivity contribution in [3.63, 3.8) is 0 Å². The maximum atomic E-state index is 3.95. The maximum absolute atomic E-state index is 3.95. The zero-order chi connectivity index (χ0) is 14.1. The molecule has 0 aromatic carbocycles. The zero-order valence-electron chi connectivity index (χ0n) is 13.6. The highest BCUT2D eigenvalue weighted by molar-refractivity contribution is 4.95. The van der Waals surface area contributed by atoms with Crippen LogP contribution in [0.1, 0.15) is 39.5 Å². The number of nitrogens with zero attached hydrogens (tertiary/aromatic N) is 2. The minimum absolute atomic E-state index is 0.725. The van der Waals surface area contributed by atoms with Crippen LogP contribution in [0.5, 0.6) is 0 Å². The topological polar surface area (TPSA) is 18.5 Å². The van der Waals surface area contributed by atoms with E-state index < -0.39 is 0 Å². The van der Waals surface area contributed by atoms with Gasteiger partial charge in [-0.3, -0.25) is 4.90 Å². The van der Waals surface area contributed by atoms with Crippen molar-refractivity contribution in [3.05, 3.63) is 0 Å². The van der Waals surface area contributed by atoms with Gasteiger partial charge in [-0.25, -0.2) is 0 Å². The van der Waals surface area contributed by atoms with Crippen LogP contribution in [0.4, 0.5) is 0 Å². The van der Waals surface area contributed by atoms with Gasteiger partial charge in [0.05, 0.1) is 0 Å². The standard InChI is InChI=1S/C17H33N3/c1-13(2)17(20-8-6-19(3)7-9-20)12-18-16-11-14-4-5-15(16)10-14/h13-18H,4-12H2,1-3H3. The average molecular weight is 279 g/mol. The molecule has 2 saturated carbocycles. The molecule has 3 rings (SSSR count). The molecule has 1 heterocycles. The molecule has 1 saturated heterocycles. The lowest BCUT2D eigenvalue weighted by molar-refractivity contribution is 0.0845. The van der Waals surface area contributed by atoms with Crippen molar-refractivity contribution in [1.82, 2.24) is 15.1 Å². The van der Waals surface area contributed by atoms with Gasteiger partial charge in [0.15, 0.2) is 0 Å². The minimum atomic E-state index is 0.725. The molecule has 1 N–H and O–H groups in total. The van der Waals surface area contributed by atoms with Crippen molar-refractivity contribution in [2.45, 2.75) is 51.6 Å². The van der Waals surface area contributed by atoms with E-state index in [1.807, 2.05) is 0 Å². The van der Waals surface area contributed by atoms with E-state index in [1.165, 1.54) is 58.4 Å². The molecule has 4 unspecified atom stereocenters. The highest BCUT2D eigenvalue weighted by Gasteiger charge is 2.39. The smallest absolute Gasteiger partial charge is 0.0244 e. The lowest BCUT2D eigenvalue weighted by atomic mass is 9.94. The predicted octanol–water partition coefficient (Wildman–Crippen LogP) is 2.04. The van der Waals surface area contributed by atoms with E-state index in [4.69, 9.17) is 0 Å². The van der Waals surface area contributed by atoms with Crippen LogP contribution < -0.4 is 5.32 Å². The fraction of sp³-hybridized carbons (Fsp3) is 1.00. The van der Waals surface area contributed by atoms with E-state index in [0.29, 0.717) is 0 Å². The van der Waals surface area contributed by atoms with Crippen molar-refractivity contribution in [1.29, 1.82) is 0 Å². The van der Waals surface area contributed by atoms with E-state index in [-0.39, 0.29) is 0 Å². The molecule has 3 aliphatic rings. The Bertz CT molecular complexity index is 309. The number of fused-ring (bicyclic) bond motifs is 2. The number of rotatable bonds is 5. The molecule has 3 fully saturated rings. The quantitative estimate of drug-likeness (QED) is 0.831. The Morgan fingerprint density at radius 1 is 1.05 bits per heavy atom. The van der Waals surface area contributed by atoms with Gasteiger partial charge in [0.2, 0.25) is 0 Å². The second-order valence-corrected chi connectivity index (χ2v) is 7.84. The Balaban J connectivity index is 1.50. The van der Waals surface area contributed by atoms with E-state index in [0.717, 1.165) is 29.8 Å². The van der Waals surface area contributed by atoms with Gasteiger partial charge in [-0.1, -0.05) is 20.3 Å². The minimum Gasteiger partial charge on any atom is -0.312 e. The number of hydrogen-bond donors (Lipinski definition) is 1. The third kappa shape index (κ3) is 3.20. The van der Waals surface area contributed by atoms with Gasteiger partial charge >= 0.3 is 0 Å². The number of likely N-dealkylation sites (N-methyl/N-ethyl adjacent to an activating group) is 1. The second-order valence-electron chi connectivity index (χ2n) is 7.84. The van der Waals surface area contributed by atoms with E-state index in [1.54, 1.807) is 0 Å². The first-order valence-electron chi connectivity index (χ1n) is 8.79. The molecule has 2 aliphatic carbocycles. The molecular formula is C17H33N3. The monoisotopic (exact) mass is 279 g/mol. The zero-order valence-corrected chi connectivity index (χ0v) is 13.6. The van der Waals surface area contributed by atoms with Gasteiger partial charge in [-0.2, -0.15) is 0 Å². The van der Waals surface area contributed by atoms with Crippen LogP contribution in [0.2, 0.25) is 0 Å². The number of nitrogens with one attached hydrogen (secondary N) is 1. The molecule has 20 heavy (non-hydrogen) atoms. The summed E-state index contributed by atoms with van der Waals surface area (Å²) in [5.74, 6) is 2.81. The van der Waals surface area contributed by atoms with Crippen molar-refractivity contribution < 1.29 is 0 Å². The highest BCUT2D eigenvalue weighted by Crippen LogP contribution is 2.44. The first kappa shape index (κ1) is 14.8. The largest absolute Gasteiger partial charge is 0.312 e. The first-order valence-corrected chi connectivity index (χ1v) is 8.79. The predicted molar refractivity (Wildman–Crippen MR) is 84.9 cm³/mol. The molecule has 0 radical (unpaired) electrons. The van der Waals surface area contributed by atoms with Gasteiger partial charge in [-0.05, 0) is 44.1 Å². The third-order valence-electron chi connectivity index (χ3n) is 6.10. The van der Waals surface area contributed by atoms with Crippen molar-refractivity contribution in [2.75, 3.05) is 39.8 Å². The summed E-state index contributed by atoms with van der Waals surface area (Å²) in [4.78, 5) is 5.18. The van der Waals surface area contributed by atoms with E-state index in [2.05, 4.69) is 36.0 Å². The average Bonchev–Trinajstić information content (AvgIpc) is 3.03. The third-order valence-corrected chi connectivity index (χ3v) is 6.10. The maximum Gasteiger partial charge on any atom is 0.0244 e. The fourth-order valence-corrected chi connectivity index (χ4v) is 4.71. The van der Waals surface area contributed by atoms with Crippen LogP contribution in [0.25, 0.3) is 0 Å². The van der Waals surface area contributed by atoms with Crippen LogP contribution in [-0.2, 0) is 0 Å². The first-order chi connectivity index (χ1) is 9.63. The summed E-state index contributed by atoms with van der Waals surface area (Å²) >= 11 is 0. The molecule has 116 valence electrons. The van der Waals surface area contributed by atoms with Gasteiger partial charge in [-0.15, -0.1) is 0 Å². The Hall–Kier alpha value is -0.120. The second kappa shape index (κ2) is 6.33. The van der Waals surface area contributed by atoms with E-state index in [9.17, 15) is 0 Å². The summed E-state index contributed by atoms with van der Waals surface area (Å²) in [6.45, 7) is 11.0. The molecule has 1 aliphatic heterocycles. The lowest BCUT2D eigenvalue weighted by Gasteiger charge is -2.40. The van der Waals surface area contributed by atoms with Crippen LogP contribution >= 0.6 is 0 Å². The SMILES string of the molecule is CC(C)C(CNC1CC2CCC1C2)N1CCN(C)CC1. The van der Waals surface area contributed by atoms with Gasteiger partial charge in [0.1, 0.15) is 0 Å². The Labute approximate surface area is 125 Å². The summed E-state index contributed by atoms with van der Waals surface area (Å²) in [6, 6.07) is 1.56. The van der Waals surface area contributed by atoms with Crippen LogP contribution in [0.15, 0.2) is 0 Å². The Morgan fingerprint density at radius 3 is 2.35 bits per heavy atom. The van der Waals surface area contributed by atoms with Crippen LogP contribution in [0.3, 0.4) is 0 Å². The summed E-state index contributed by atoms with van der Waals surface area (Å²) in [5, 5.41) is 3.95. The molecular weight excluding hydrogens is 246 g/mol. The number of piperazine rings is 1.